The van der Waals surface area contributed by atoms with E-state index in [2.05, 4.69) is 4.99 Å². The minimum absolute atomic E-state index is 0.166. The van der Waals surface area contributed by atoms with Crippen LogP contribution in [0.15, 0.2) is 4.99 Å². The summed E-state index contributed by atoms with van der Waals surface area (Å²) >= 11 is 5.60. The lowest BCUT2D eigenvalue weighted by molar-refractivity contribution is 0.203. The number of nitrogens with zero attached hydrogens (tertiary/aromatic N) is 1. The van der Waals surface area contributed by atoms with Gasteiger partial charge in [-0.2, -0.15) is 0 Å². The van der Waals surface area contributed by atoms with E-state index in [0.717, 1.165) is 12.8 Å². The van der Waals surface area contributed by atoms with Crippen molar-refractivity contribution in [3.63, 3.8) is 0 Å². The highest BCUT2D eigenvalue weighted by atomic mass is 35.5. The van der Waals surface area contributed by atoms with E-state index < -0.39 is 9.28 Å². The van der Waals surface area contributed by atoms with Crippen molar-refractivity contribution in [2.45, 2.75) is 32.4 Å². The molecule has 0 saturated carbocycles. The van der Waals surface area contributed by atoms with Crippen LogP contribution in [-0.4, -0.2) is 40.1 Å². The molecule has 0 bridgehead atoms. The molecule has 88 valence electrons. The standard InChI is InChI=1S/C9H18ClNO3Si/c1-3-13-15(14-4-2)9(11-8-12)6-5-7-10/h9,15H,3-7H2,1-2H3. The van der Waals surface area contributed by atoms with Gasteiger partial charge >= 0.3 is 9.28 Å². The molecule has 0 fully saturated rings. The average Bonchev–Trinajstić information content (AvgIpc) is 2.24. The highest BCUT2D eigenvalue weighted by Gasteiger charge is 2.25. The number of hydrogen-bond donors (Lipinski definition) is 0. The van der Waals surface area contributed by atoms with Crippen LogP contribution >= 0.6 is 11.6 Å². The molecule has 0 rings (SSSR count). The lowest BCUT2D eigenvalue weighted by Gasteiger charge is -2.20. The highest BCUT2D eigenvalue weighted by molar-refractivity contribution is 6.46. The Morgan fingerprint density at radius 2 is 2.00 bits per heavy atom. The number of aliphatic imine (C=N–C) groups is 1. The molecule has 6 heteroatoms. The Balaban J connectivity index is 4.28. The first-order valence-corrected chi connectivity index (χ1v) is 7.30. The first kappa shape index (κ1) is 14.8. The summed E-state index contributed by atoms with van der Waals surface area (Å²) in [4.78, 5) is 14.0. The van der Waals surface area contributed by atoms with Crippen LogP contribution < -0.4 is 0 Å². The van der Waals surface area contributed by atoms with Gasteiger partial charge in [-0.15, -0.1) is 11.6 Å². The third kappa shape index (κ3) is 6.81. The predicted octanol–water partition coefficient (Wildman–Crippen LogP) is 1.54. The quantitative estimate of drug-likeness (QED) is 0.270. The van der Waals surface area contributed by atoms with E-state index in [4.69, 9.17) is 20.5 Å². The summed E-state index contributed by atoms with van der Waals surface area (Å²) in [6, 6.07) is 0. The zero-order valence-electron chi connectivity index (χ0n) is 9.24. The maximum absolute atomic E-state index is 10.3. The molecule has 0 N–H and O–H groups in total. The molecule has 0 saturated heterocycles. The summed E-state index contributed by atoms with van der Waals surface area (Å²) in [5.74, 6) is 0.560. The average molecular weight is 252 g/mol. The van der Waals surface area contributed by atoms with Gasteiger partial charge in [0.15, 0.2) is 0 Å². The molecule has 15 heavy (non-hydrogen) atoms. The zero-order valence-corrected chi connectivity index (χ0v) is 11.2. The van der Waals surface area contributed by atoms with Crippen LogP contribution in [0, 0.1) is 0 Å². The molecule has 0 aromatic rings. The van der Waals surface area contributed by atoms with Crippen molar-refractivity contribution in [1.82, 2.24) is 0 Å². The maximum Gasteiger partial charge on any atom is 0.347 e. The minimum Gasteiger partial charge on any atom is -0.396 e. The van der Waals surface area contributed by atoms with Crippen LogP contribution in [0.5, 0.6) is 0 Å². The van der Waals surface area contributed by atoms with E-state index in [1.165, 1.54) is 0 Å². The van der Waals surface area contributed by atoms with Crippen molar-refractivity contribution >= 4 is 27.0 Å². The number of hydrogen-bond acceptors (Lipinski definition) is 4. The second-order valence-electron chi connectivity index (χ2n) is 2.90. The van der Waals surface area contributed by atoms with Crippen LogP contribution in [0.4, 0.5) is 0 Å². The first-order chi connectivity index (χ1) is 7.29. The van der Waals surface area contributed by atoms with E-state index >= 15 is 0 Å². The monoisotopic (exact) mass is 251 g/mol. The Bertz CT molecular complexity index is 194. The second-order valence-corrected chi connectivity index (χ2v) is 5.45. The Labute approximate surface area is 97.5 Å². The van der Waals surface area contributed by atoms with Gasteiger partial charge < -0.3 is 8.85 Å². The van der Waals surface area contributed by atoms with Crippen LogP contribution in [0.3, 0.4) is 0 Å². The van der Waals surface area contributed by atoms with E-state index in [1.807, 2.05) is 13.8 Å². The highest BCUT2D eigenvalue weighted by Crippen LogP contribution is 2.09. The number of rotatable bonds is 9. The lowest BCUT2D eigenvalue weighted by Crippen LogP contribution is -2.36. The van der Waals surface area contributed by atoms with Crippen molar-refractivity contribution in [3.05, 3.63) is 0 Å². The lowest BCUT2D eigenvalue weighted by atomic mass is 10.3. The molecule has 0 aliphatic heterocycles. The molecule has 4 nitrogen and oxygen atoms in total. The van der Waals surface area contributed by atoms with Gasteiger partial charge in [0, 0.05) is 19.1 Å². The van der Waals surface area contributed by atoms with Crippen LogP contribution in [-0.2, 0) is 13.6 Å². The van der Waals surface area contributed by atoms with Crippen molar-refractivity contribution in [2.24, 2.45) is 4.99 Å². The fourth-order valence-electron chi connectivity index (χ4n) is 1.21. The van der Waals surface area contributed by atoms with Crippen LogP contribution in [0.1, 0.15) is 26.7 Å². The molecular weight excluding hydrogens is 234 g/mol. The Morgan fingerprint density at radius 1 is 1.40 bits per heavy atom. The smallest absolute Gasteiger partial charge is 0.347 e. The second kappa shape index (κ2) is 10.3. The minimum atomic E-state index is -1.89. The normalized spacial score (nSPS) is 12.5. The molecular formula is C9H18ClNO3Si. The topological polar surface area (TPSA) is 47.9 Å². The first-order valence-electron chi connectivity index (χ1n) is 5.16. The third-order valence-corrected chi connectivity index (χ3v) is 4.53. The van der Waals surface area contributed by atoms with Gasteiger partial charge in [0.25, 0.3) is 0 Å². The number of isocyanates is 1. The molecule has 0 heterocycles. The van der Waals surface area contributed by atoms with Gasteiger partial charge in [-0.3, -0.25) is 0 Å². The number of halogens is 1. The van der Waals surface area contributed by atoms with Crippen molar-refractivity contribution in [2.75, 3.05) is 19.1 Å². The van der Waals surface area contributed by atoms with Gasteiger partial charge in [0.2, 0.25) is 6.08 Å². The largest absolute Gasteiger partial charge is 0.396 e. The number of alkyl halides is 1. The Morgan fingerprint density at radius 3 is 2.40 bits per heavy atom. The molecule has 0 radical (unpaired) electrons. The summed E-state index contributed by atoms with van der Waals surface area (Å²) < 4.78 is 11.0. The van der Waals surface area contributed by atoms with E-state index in [9.17, 15) is 4.79 Å². The molecule has 1 unspecified atom stereocenters. The van der Waals surface area contributed by atoms with E-state index in [0.29, 0.717) is 19.1 Å². The van der Waals surface area contributed by atoms with Gasteiger partial charge in [0.05, 0.1) is 0 Å². The molecule has 0 aliphatic rings. The predicted molar refractivity (Wildman–Crippen MR) is 62.3 cm³/mol. The SMILES string of the molecule is CCO[SiH](OCC)C(CCCCl)N=C=O. The molecule has 0 aromatic heterocycles. The van der Waals surface area contributed by atoms with Gasteiger partial charge in [-0.05, 0) is 26.7 Å². The van der Waals surface area contributed by atoms with Crippen molar-refractivity contribution in [1.29, 1.82) is 0 Å². The summed E-state index contributed by atoms with van der Waals surface area (Å²) in [6.07, 6.45) is 3.12. The summed E-state index contributed by atoms with van der Waals surface area (Å²) in [5, 5.41) is 0. The van der Waals surface area contributed by atoms with E-state index in [-0.39, 0.29) is 5.67 Å². The van der Waals surface area contributed by atoms with Crippen LogP contribution in [0.25, 0.3) is 0 Å². The van der Waals surface area contributed by atoms with Crippen LogP contribution in [0.2, 0.25) is 0 Å². The molecule has 0 spiro atoms. The van der Waals surface area contributed by atoms with Gasteiger partial charge in [-0.25, -0.2) is 9.79 Å². The molecule has 0 amide bonds. The maximum atomic E-state index is 10.3. The molecule has 1 atom stereocenters. The zero-order chi connectivity index (χ0) is 11.5. The third-order valence-electron chi connectivity index (χ3n) is 1.83. The van der Waals surface area contributed by atoms with Crippen molar-refractivity contribution < 1.29 is 13.6 Å². The Hall–Kier alpha value is -0.193. The molecule has 0 aliphatic carbocycles. The summed E-state index contributed by atoms with van der Waals surface area (Å²) in [5.41, 5.74) is -0.166. The van der Waals surface area contributed by atoms with Gasteiger partial charge in [-0.1, -0.05) is 0 Å². The van der Waals surface area contributed by atoms with E-state index in [1.54, 1.807) is 6.08 Å². The Kier molecular flexibility index (Phi) is 10.2. The van der Waals surface area contributed by atoms with Crippen molar-refractivity contribution in [3.8, 4) is 0 Å². The number of carbonyl (C=O) groups excluding carboxylic acids is 1. The van der Waals surface area contributed by atoms with Gasteiger partial charge in [0.1, 0.15) is 5.67 Å². The summed E-state index contributed by atoms with van der Waals surface area (Å²) in [6.45, 7) is 4.98. The fourth-order valence-corrected chi connectivity index (χ4v) is 3.26. The fraction of sp³-hybridized carbons (Fsp3) is 0.889. The molecule has 0 aromatic carbocycles. The summed E-state index contributed by atoms with van der Waals surface area (Å²) in [7, 11) is -1.89.